The first-order valence-electron chi connectivity index (χ1n) is 10.3. The predicted octanol–water partition coefficient (Wildman–Crippen LogP) is 3.85. The zero-order valence-corrected chi connectivity index (χ0v) is 16.8. The molecule has 4 heterocycles. The molecule has 31 heavy (non-hydrogen) atoms. The second-order valence-corrected chi connectivity index (χ2v) is 7.54. The van der Waals surface area contributed by atoms with Gasteiger partial charge in [-0.25, -0.2) is 9.97 Å². The number of hydrogen-bond acceptors (Lipinski definition) is 6. The van der Waals surface area contributed by atoms with E-state index >= 15 is 0 Å². The lowest BCUT2D eigenvalue weighted by atomic mass is 10.1. The number of aromatic amines is 1. The number of nitrogens with one attached hydrogen (secondary N) is 2. The molecule has 2 N–H and O–H groups in total. The third-order valence-electron chi connectivity index (χ3n) is 5.66. The van der Waals surface area contributed by atoms with Crippen molar-refractivity contribution in [3.05, 3.63) is 67.3 Å². The number of fused-ring (bicyclic) bond motifs is 3. The molecule has 0 bridgehead atoms. The Hall–Kier alpha value is -3.91. The minimum Gasteiger partial charge on any atom is -0.378 e. The Morgan fingerprint density at radius 1 is 1.00 bits per heavy atom. The van der Waals surface area contributed by atoms with E-state index in [0.717, 1.165) is 65.6 Å². The Bertz CT molecular complexity index is 1340. The summed E-state index contributed by atoms with van der Waals surface area (Å²) in [6.45, 7) is 3.41. The zero-order valence-electron chi connectivity index (χ0n) is 16.8. The van der Waals surface area contributed by atoms with Gasteiger partial charge in [-0.3, -0.25) is 9.50 Å². The van der Waals surface area contributed by atoms with Crippen LogP contribution in [0, 0.1) is 0 Å². The van der Waals surface area contributed by atoms with E-state index in [1.807, 2.05) is 24.7 Å². The highest BCUT2D eigenvalue weighted by Crippen LogP contribution is 2.28. The fraction of sp³-hybridized carbons (Fsp3) is 0.174. The van der Waals surface area contributed by atoms with Crippen LogP contribution in [0.15, 0.2) is 67.3 Å². The van der Waals surface area contributed by atoms with E-state index in [0.29, 0.717) is 0 Å². The molecule has 8 nitrogen and oxygen atoms in total. The summed E-state index contributed by atoms with van der Waals surface area (Å²) >= 11 is 0. The summed E-state index contributed by atoms with van der Waals surface area (Å²) in [5, 5.41) is 10.4. The van der Waals surface area contributed by atoms with Crippen LogP contribution in [-0.4, -0.2) is 50.9 Å². The topological polar surface area (TPSA) is 83.4 Å². The van der Waals surface area contributed by atoms with Crippen LogP contribution in [-0.2, 0) is 4.74 Å². The Morgan fingerprint density at radius 2 is 1.87 bits per heavy atom. The molecule has 3 aromatic heterocycles. The van der Waals surface area contributed by atoms with Crippen molar-refractivity contribution in [2.45, 2.75) is 0 Å². The Balaban J connectivity index is 1.35. The van der Waals surface area contributed by atoms with Crippen LogP contribution in [0.25, 0.3) is 27.8 Å². The van der Waals surface area contributed by atoms with Crippen LogP contribution >= 0.6 is 0 Å². The Labute approximate surface area is 178 Å². The standard InChI is InChI=1S/C23H21N7O/c1-6-20-21(13-16(1)17-14-25-26-15-17)30-8-7-24-23(30)22(28-20)27-18-2-4-19(5-3-18)29-9-11-31-12-10-29/h1-8,13-15H,9-12H2,(H,25,26)(H,27,28). The SMILES string of the molecule is c1cn2c(n1)c(Nc1ccc(N3CCOCC3)cc1)nc1ccc(-c3cn[nH]c3)cc12. The molecule has 154 valence electrons. The van der Waals surface area contributed by atoms with E-state index < -0.39 is 0 Å². The molecule has 5 aromatic rings. The quantitative estimate of drug-likeness (QED) is 0.467. The van der Waals surface area contributed by atoms with E-state index in [4.69, 9.17) is 9.72 Å². The van der Waals surface area contributed by atoms with Gasteiger partial charge in [0.15, 0.2) is 11.5 Å². The third kappa shape index (κ3) is 3.27. The van der Waals surface area contributed by atoms with Gasteiger partial charge >= 0.3 is 0 Å². The van der Waals surface area contributed by atoms with Gasteiger partial charge < -0.3 is 15.0 Å². The second kappa shape index (κ2) is 7.41. The van der Waals surface area contributed by atoms with E-state index in [1.165, 1.54) is 5.69 Å². The molecule has 0 aliphatic carbocycles. The number of ether oxygens (including phenoxy) is 1. The first-order valence-corrected chi connectivity index (χ1v) is 10.3. The maximum atomic E-state index is 5.44. The smallest absolute Gasteiger partial charge is 0.180 e. The number of anilines is 3. The minimum absolute atomic E-state index is 0.729. The molecule has 0 amide bonds. The van der Waals surface area contributed by atoms with Gasteiger partial charge in [0, 0.05) is 48.6 Å². The molecular weight excluding hydrogens is 390 g/mol. The molecule has 0 unspecified atom stereocenters. The Morgan fingerprint density at radius 3 is 2.68 bits per heavy atom. The summed E-state index contributed by atoms with van der Waals surface area (Å²) in [6.07, 6.45) is 7.46. The van der Waals surface area contributed by atoms with Crippen LogP contribution in [0.2, 0.25) is 0 Å². The van der Waals surface area contributed by atoms with Crippen molar-refractivity contribution in [3.63, 3.8) is 0 Å². The molecule has 6 rings (SSSR count). The highest BCUT2D eigenvalue weighted by Gasteiger charge is 2.13. The average Bonchev–Trinajstić information content (AvgIpc) is 3.53. The Kier molecular flexibility index (Phi) is 4.28. The molecule has 2 aromatic carbocycles. The van der Waals surface area contributed by atoms with Crippen LogP contribution in [0.1, 0.15) is 0 Å². The molecule has 1 aliphatic rings. The monoisotopic (exact) mass is 411 g/mol. The van der Waals surface area contributed by atoms with Crippen molar-refractivity contribution >= 4 is 33.9 Å². The van der Waals surface area contributed by atoms with Crippen LogP contribution < -0.4 is 10.2 Å². The second-order valence-electron chi connectivity index (χ2n) is 7.54. The van der Waals surface area contributed by atoms with Gasteiger partial charge in [0.2, 0.25) is 0 Å². The maximum absolute atomic E-state index is 5.44. The van der Waals surface area contributed by atoms with Gasteiger partial charge in [0.05, 0.1) is 30.4 Å². The highest BCUT2D eigenvalue weighted by atomic mass is 16.5. The normalized spacial score (nSPS) is 14.4. The van der Waals surface area contributed by atoms with Gasteiger partial charge in [-0.05, 0) is 42.0 Å². The summed E-state index contributed by atoms with van der Waals surface area (Å²) < 4.78 is 7.51. The first kappa shape index (κ1) is 17.9. The molecule has 1 saturated heterocycles. The summed E-state index contributed by atoms with van der Waals surface area (Å²) in [6, 6.07) is 14.6. The lowest BCUT2D eigenvalue weighted by Crippen LogP contribution is -2.36. The van der Waals surface area contributed by atoms with Crippen molar-refractivity contribution in [1.82, 2.24) is 24.6 Å². The summed E-state index contributed by atoms with van der Waals surface area (Å²) in [5.41, 5.74) is 6.98. The van der Waals surface area contributed by atoms with E-state index in [2.05, 4.69) is 66.2 Å². The molecule has 8 heteroatoms. The van der Waals surface area contributed by atoms with Gasteiger partial charge in [-0.1, -0.05) is 6.07 Å². The molecule has 0 radical (unpaired) electrons. The number of rotatable bonds is 4. The molecule has 1 fully saturated rings. The van der Waals surface area contributed by atoms with Gasteiger partial charge in [0.25, 0.3) is 0 Å². The van der Waals surface area contributed by atoms with Crippen molar-refractivity contribution in [3.8, 4) is 11.1 Å². The highest BCUT2D eigenvalue weighted by molar-refractivity contribution is 5.87. The number of benzene rings is 2. The number of imidazole rings is 1. The summed E-state index contributed by atoms with van der Waals surface area (Å²) in [7, 11) is 0. The molecule has 0 spiro atoms. The number of hydrogen-bond donors (Lipinski definition) is 2. The maximum Gasteiger partial charge on any atom is 0.180 e. The molecule has 1 aliphatic heterocycles. The van der Waals surface area contributed by atoms with E-state index in [9.17, 15) is 0 Å². The van der Waals surface area contributed by atoms with Crippen molar-refractivity contribution < 1.29 is 4.74 Å². The predicted molar refractivity (Wildman–Crippen MR) is 121 cm³/mol. The first-order chi connectivity index (χ1) is 15.3. The van der Waals surface area contributed by atoms with Gasteiger partial charge in [0.1, 0.15) is 0 Å². The molecule has 0 saturated carbocycles. The van der Waals surface area contributed by atoms with Gasteiger partial charge in [-0.15, -0.1) is 0 Å². The molecular formula is C23H21N7O. The third-order valence-corrected chi connectivity index (χ3v) is 5.66. The number of nitrogens with zero attached hydrogens (tertiary/aromatic N) is 5. The summed E-state index contributed by atoms with van der Waals surface area (Å²) in [4.78, 5) is 11.7. The number of H-pyrrole nitrogens is 1. The van der Waals surface area contributed by atoms with Crippen LogP contribution in [0.5, 0.6) is 0 Å². The van der Waals surface area contributed by atoms with Crippen molar-refractivity contribution in [2.24, 2.45) is 0 Å². The van der Waals surface area contributed by atoms with Gasteiger partial charge in [-0.2, -0.15) is 5.10 Å². The van der Waals surface area contributed by atoms with E-state index in [1.54, 1.807) is 6.20 Å². The number of morpholine rings is 1. The number of aromatic nitrogens is 5. The molecule has 0 atom stereocenters. The van der Waals surface area contributed by atoms with Crippen molar-refractivity contribution in [2.75, 3.05) is 36.5 Å². The van der Waals surface area contributed by atoms with E-state index in [-0.39, 0.29) is 0 Å². The average molecular weight is 411 g/mol. The summed E-state index contributed by atoms with van der Waals surface area (Å²) in [5.74, 6) is 0.729. The lowest BCUT2D eigenvalue weighted by molar-refractivity contribution is 0.122. The lowest BCUT2D eigenvalue weighted by Gasteiger charge is -2.28. The fourth-order valence-electron chi connectivity index (χ4n) is 4.04. The van der Waals surface area contributed by atoms with Crippen molar-refractivity contribution in [1.29, 1.82) is 0 Å². The minimum atomic E-state index is 0.729. The zero-order chi connectivity index (χ0) is 20.6. The largest absolute Gasteiger partial charge is 0.378 e. The fourth-order valence-corrected chi connectivity index (χ4v) is 4.04. The van der Waals surface area contributed by atoms with Crippen LogP contribution in [0.3, 0.4) is 0 Å². The van der Waals surface area contributed by atoms with Crippen LogP contribution in [0.4, 0.5) is 17.2 Å².